The number of aryl methyl sites for hydroxylation is 2. The van der Waals surface area contributed by atoms with E-state index < -0.39 is 17.5 Å². The lowest BCUT2D eigenvalue weighted by atomic mass is 10.1. The zero-order valence-corrected chi connectivity index (χ0v) is 12.7. The van der Waals surface area contributed by atoms with Gasteiger partial charge in [0.15, 0.2) is 11.5 Å². The van der Waals surface area contributed by atoms with Gasteiger partial charge < -0.3 is 14.7 Å². The first-order valence-electron chi connectivity index (χ1n) is 6.96. The molecule has 0 bridgehead atoms. The Morgan fingerprint density at radius 1 is 1.36 bits per heavy atom. The highest BCUT2D eigenvalue weighted by Gasteiger charge is 2.19. The monoisotopic (exact) mass is 302 g/mol. The minimum Gasteiger partial charge on any atom is -0.461 e. The van der Waals surface area contributed by atoms with E-state index in [9.17, 15) is 14.4 Å². The molecule has 6 heteroatoms. The number of hydrogen-bond donors (Lipinski definition) is 2. The van der Waals surface area contributed by atoms with Crippen LogP contribution in [0.3, 0.4) is 0 Å². The fourth-order valence-electron chi connectivity index (χ4n) is 2.30. The number of carbonyl (C=O) groups is 2. The number of carbonyl (C=O) groups excluding carboxylic acids is 2. The Kier molecular flexibility index (Phi) is 4.60. The summed E-state index contributed by atoms with van der Waals surface area (Å²) in [5, 5.41) is 2.67. The van der Waals surface area contributed by atoms with Gasteiger partial charge in [0.1, 0.15) is 5.56 Å². The van der Waals surface area contributed by atoms with Crippen LogP contribution in [-0.2, 0) is 0 Å². The van der Waals surface area contributed by atoms with Gasteiger partial charge in [-0.25, -0.2) is 0 Å². The van der Waals surface area contributed by atoms with Crippen molar-refractivity contribution in [1.29, 1.82) is 0 Å². The molecule has 2 rings (SSSR count). The van der Waals surface area contributed by atoms with Crippen molar-refractivity contribution in [3.8, 4) is 0 Å². The molecule has 0 saturated carbocycles. The summed E-state index contributed by atoms with van der Waals surface area (Å²) < 4.78 is 5.02. The maximum absolute atomic E-state index is 12.2. The second-order valence-electron chi connectivity index (χ2n) is 5.32. The van der Waals surface area contributed by atoms with E-state index in [1.54, 1.807) is 39.0 Å². The number of aromatic amines is 1. The first kappa shape index (κ1) is 15.8. The molecule has 116 valence electrons. The molecule has 0 unspecified atom stereocenters. The Labute approximate surface area is 127 Å². The van der Waals surface area contributed by atoms with Crippen molar-refractivity contribution in [2.24, 2.45) is 0 Å². The average Bonchev–Trinajstić information content (AvgIpc) is 2.90. The van der Waals surface area contributed by atoms with Crippen LogP contribution in [0.5, 0.6) is 0 Å². The average molecular weight is 302 g/mol. The summed E-state index contributed by atoms with van der Waals surface area (Å²) in [6.07, 6.45) is 1.52. The van der Waals surface area contributed by atoms with Crippen LogP contribution < -0.4 is 10.9 Å². The van der Waals surface area contributed by atoms with Gasteiger partial charge in [0, 0.05) is 18.2 Å². The molecule has 0 aliphatic rings. The van der Waals surface area contributed by atoms with Crippen molar-refractivity contribution in [2.45, 2.75) is 33.2 Å². The van der Waals surface area contributed by atoms with E-state index in [2.05, 4.69) is 10.3 Å². The summed E-state index contributed by atoms with van der Waals surface area (Å²) in [7, 11) is 0. The highest BCUT2D eigenvalue weighted by molar-refractivity contribution is 5.97. The van der Waals surface area contributed by atoms with E-state index in [0.717, 1.165) is 0 Å². The van der Waals surface area contributed by atoms with Gasteiger partial charge in [-0.05, 0) is 44.5 Å². The van der Waals surface area contributed by atoms with E-state index in [-0.39, 0.29) is 23.5 Å². The number of pyridine rings is 1. The molecule has 2 heterocycles. The number of H-pyrrole nitrogens is 1. The first-order chi connectivity index (χ1) is 10.4. The third kappa shape index (κ3) is 3.52. The maximum atomic E-state index is 12.2. The number of rotatable bonds is 5. The number of hydrogen-bond acceptors (Lipinski definition) is 4. The third-order valence-electron chi connectivity index (χ3n) is 3.26. The Balaban J connectivity index is 2.06. The molecule has 0 fully saturated rings. The normalized spacial score (nSPS) is 12.0. The standard InChI is InChI=1S/C16H18N2O4/c1-9-7-10(2)17-15(20)14(9)16(21)18-11(3)8-12(19)13-5-4-6-22-13/h4-7,11H,8H2,1-3H3,(H,17,20)(H,18,21)/t11-/m0/s1. The van der Waals surface area contributed by atoms with Crippen molar-refractivity contribution < 1.29 is 14.0 Å². The predicted octanol–water partition coefficient (Wildman–Crippen LogP) is 1.98. The van der Waals surface area contributed by atoms with Crippen molar-refractivity contribution >= 4 is 11.7 Å². The van der Waals surface area contributed by atoms with Gasteiger partial charge in [-0.15, -0.1) is 0 Å². The summed E-state index contributed by atoms with van der Waals surface area (Å²) >= 11 is 0. The lowest BCUT2D eigenvalue weighted by Gasteiger charge is -2.13. The largest absolute Gasteiger partial charge is 0.461 e. The van der Waals surface area contributed by atoms with Crippen molar-refractivity contribution in [3.63, 3.8) is 0 Å². The minimum absolute atomic E-state index is 0.0721. The SMILES string of the molecule is Cc1cc(C)c(C(=O)N[C@@H](C)CC(=O)c2ccco2)c(=O)[nH]1. The summed E-state index contributed by atoms with van der Waals surface area (Å²) in [5.41, 5.74) is 0.936. The Morgan fingerprint density at radius 3 is 2.68 bits per heavy atom. The molecule has 22 heavy (non-hydrogen) atoms. The van der Waals surface area contributed by atoms with Crippen LogP contribution in [0.1, 0.15) is 45.5 Å². The number of nitrogens with one attached hydrogen (secondary N) is 2. The number of Topliss-reactive ketones (excluding diaryl/α,β-unsaturated/α-hetero) is 1. The molecule has 2 aromatic rings. The second kappa shape index (κ2) is 6.43. The Hall–Kier alpha value is -2.63. The van der Waals surface area contributed by atoms with Crippen LogP contribution in [0.15, 0.2) is 33.7 Å². The van der Waals surface area contributed by atoms with Crippen LogP contribution >= 0.6 is 0 Å². The molecule has 0 spiro atoms. The quantitative estimate of drug-likeness (QED) is 0.826. The zero-order valence-electron chi connectivity index (χ0n) is 12.7. The number of aromatic nitrogens is 1. The van der Waals surface area contributed by atoms with Gasteiger partial charge in [-0.1, -0.05) is 0 Å². The molecule has 1 amide bonds. The molecule has 0 saturated heterocycles. The molecule has 0 aromatic carbocycles. The predicted molar refractivity (Wildman–Crippen MR) is 81.1 cm³/mol. The Bertz CT molecular complexity index is 744. The lowest BCUT2D eigenvalue weighted by Crippen LogP contribution is -2.37. The van der Waals surface area contributed by atoms with Crippen molar-refractivity contribution in [2.75, 3.05) is 0 Å². The molecule has 0 radical (unpaired) electrons. The summed E-state index contributed by atoms with van der Waals surface area (Å²) in [5.74, 6) is -0.434. The van der Waals surface area contributed by atoms with Gasteiger partial charge in [0.25, 0.3) is 11.5 Å². The molecular formula is C16H18N2O4. The molecular weight excluding hydrogens is 284 g/mol. The number of ketones is 1. The van der Waals surface area contributed by atoms with Crippen molar-refractivity contribution in [3.05, 3.63) is 57.4 Å². The zero-order chi connectivity index (χ0) is 16.3. The molecule has 0 aliphatic carbocycles. The number of amides is 1. The van der Waals surface area contributed by atoms with Crippen LogP contribution in [0.25, 0.3) is 0 Å². The fourth-order valence-corrected chi connectivity index (χ4v) is 2.30. The van der Waals surface area contributed by atoms with E-state index in [1.807, 2.05) is 0 Å². The smallest absolute Gasteiger partial charge is 0.261 e. The number of furan rings is 1. The van der Waals surface area contributed by atoms with Gasteiger partial charge in [-0.3, -0.25) is 14.4 Å². The fraction of sp³-hybridized carbons (Fsp3) is 0.312. The van der Waals surface area contributed by atoms with Crippen LogP contribution in [0.4, 0.5) is 0 Å². The molecule has 0 aliphatic heterocycles. The van der Waals surface area contributed by atoms with Gasteiger partial charge >= 0.3 is 0 Å². The summed E-state index contributed by atoms with van der Waals surface area (Å²) in [6.45, 7) is 5.16. The van der Waals surface area contributed by atoms with Crippen molar-refractivity contribution in [1.82, 2.24) is 10.3 Å². The van der Waals surface area contributed by atoms with E-state index in [0.29, 0.717) is 11.3 Å². The van der Waals surface area contributed by atoms with Crippen LogP contribution in [0.2, 0.25) is 0 Å². The van der Waals surface area contributed by atoms with Gasteiger partial charge in [0.2, 0.25) is 0 Å². The van der Waals surface area contributed by atoms with Crippen LogP contribution in [-0.4, -0.2) is 22.7 Å². The van der Waals surface area contributed by atoms with E-state index in [4.69, 9.17) is 4.42 Å². The minimum atomic E-state index is -0.488. The molecule has 1 atom stereocenters. The maximum Gasteiger partial charge on any atom is 0.261 e. The van der Waals surface area contributed by atoms with Crippen LogP contribution in [0, 0.1) is 13.8 Å². The van der Waals surface area contributed by atoms with E-state index in [1.165, 1.54) is 6.26 Å². The lowest BCUT2D eigenvalue weighted by molar-refractivity contribution is 0.0906. The molecule has 2 aromatic heterocycles. The third-order valence-corrected chi connectivity index (χ3v) is 3.26. The highest BCUT2D eigenvalue weighted by Crippen LogP contribution is 2.08. The summed E-state index contributed by atoms with van der Waals surface area (Å²) in [4.78, 5) is 38.6. The van der Waals surface area contributed by atoms with E-state index >= 15 is 0 Å². The highest BCUT2D eigenvalue weighted by atomic mass is 16.3. The first-order valence-corrected chi connectivity index (χ1v) is 6.96. The van der Waals surface area contributed by atoms with Gasteiger partial charge in [-0.2, -0.15) is 0 Å². The second-order valence-corrected chi connectivity index (χ2v) is 5.32. The summed E-state index contributed by atoms with van der Waals surface area (Å²) in [6, 6.07) is 4.53. The molecule has 6 nitrogen and oxygen atoms in total. The topological polar surface area (TPSA) is 92.2 Å². The molecule has 2 N–H and O–H groups in total. The van der Waals surface area contributed by atoms with Gasteiger partial charge in [0.05, 0.1) is 6.26 Å². The Morgan fingerprint density at radius 2 is 2.09 bits per heavy atom.